The number of nitro groups is 1. The van der Waals surface area contributed by atoms with E-state index in [1.807, 2.05) is 6.07 Å². The summed E-state index contributed by atoms with van der Waals surface area (Å²) in [6.07, 6.45) is 0. The quantitative estimate of drug-likeness (QED) is 0.164. The molecule has 0 radical (unpaired) electrons. The molecule has 0 saturated heterocycles. The van der Waals surface area contributed by atoms with Gasteiger partial charge in [0, 0.05) is 28.3 Å². The Labute approximate surface area is 222 Å². The summed E-state index contributed by atoms with van der Waals surface area (Å²) in [5.74, 6) is 0. The van der Waals surface area contributed by atoms with Crippen LogP contribution in [0.1, 0.15) is 0 Å². The lowest BCUT2D eigenvalue weighted by Gasteiger charge is -2.11. The molecule has 184 valence electrons. The van der Waals surface area contributed by atoms with E-state index < -0.39 is 14.8 Å². The molecule has 5 rings (SSSR count). The second-order valence-electron chi connectivity index (χ2n) is 8.02. The normalized spacial score (nSPS) is 11.4. The monoisotopic (exact) mass is 549 g/mol. The van der Waals surface area contributed by atoms with Crippen LogP contribution in [0.2, 0.25) is 10.0 Å². The summed E-state index contributed by atoms with van der Waals surface area (Å²) >= 11 is 12.7. The molecule has 0 amide bonds. The van der Waals surface area contributed by atoms with Crippen LogP contribution >= 0.6 is 23.2 Å². The molecule has 5 aromatic rings. The van der Waals surface area contributed by atoms with Gasteiger partial charge in [0.25, 0.3) is 5.69 Å². The van der Waals surface area contributed by atoms with Gasteiger partial charge >= 0.3 is 0 Å². The van der Waals surface area contributed by atoms with E-state index in [9.17, 15) is 18.5 Å². The largest absolute Gasteiger partial charge is 0.269 e. The summed E-state index contributed by atoms with van der Waals surface area (Å²) < 4.78 is 29.8. The first-order chi connectivity index (χ1) is 17.8. The molecule has 1 aromatic heterocycles. The molecule has 37 heavy (non-hydrogen) atoms. The Bertz CT molecular complexity index is 1720. The number of non-ortho nitro benzene ring substituents is 1. The van der Waals surface area contributed by atoms with Gasteiger partial charge in [0.05, 0.1) is 26.2 Å². The fraction of sp³-hybridized carbons (Fsp3) is 0. The van der Waals surface area contributed by atoms with Crippen molar-refractivity contribution in [1.82, 2.24) is 9.78 Å². The van der Waals surface area contributed by atoms with Crippen molar-refractivity contribution >= 4 is 38.7 Å². The van der Waals surface area contributed by atoms with Crippen molar-refractivity contribution in [1.29, 1.82) is 0 Å². The summed E-state index contributed by atoms with van der Waals surface area (Å²) in [5.41, 5.74) is 1.71. The predicted molar refractivity (Wildman–Crippen MR) is 143 cm³/mol. The van der Waals surface area contributed by atoms with Crippen LogP contribution in [-0.2, 0) is 9.84 Å². The second kappa shape index (κ2) is 9.82. The van der Waals surface area contributed by atoms with Crippen molar-refractivity contribution < 1.29 is 13.3 Å². The van der Waals surface area contributed by atoms with Gasteiger partial charge in [-0.25, -0.2) is 13.1 Å². The standard InChI is InChI=1S/C27H17Cl2N3O4S/c28-19-11-16-23(24(29)17-19)25-27(37(35,36)22-9-5-2-6-10-22)26(18-7-3-1-4-8-18)31(30-25)20-12-14-21(15-13-20)32(33)34/h1-17H. The highest BCUT2D eigenvalue weighted by molar-refractivity contribution is 7.91. The fourth-order valence-corrected chi connectivity index (χ4v) is 6.10. The molecule has 0 fully saturated rings. The van der Waals surface area contributed by atoms with E-state index >= 15 is 0 Å². The van der Waals surface area contributed by atoms with E-state index in [0.29, 0.717) is 27.5 Å². The lowest BCUT2D eigenvalue weighted by Crippen LogP contribution is -2.06. The number of nitrogens with zero attached hydrogens (tertiary/aromatic N) is 3. The van der Waals surface area contributed by atoms with Gasteiger partial charge in [-0.1, -0.05) is 71.7 Å². The van der Waals surface area contributed by atoms with Crippen molar-refractivity contribution in [3.8, 4) is 28.2 Å². The summed E-state index contributed by atoms with van der Waals surface area (Å²) in [6.45, 7) is 0. The van der Waals surface area contributed by atoms with Gasteiger partial charge in [-0.15, -0.1) is 0 Å². The molecule has 0 N–H and O–H groups in total. The lowest BCUT2D eigenvalue weighted by atomic mass is 10.1. The average Bonchev–Trinajstić information content (AvgIpc) is 3.31. The van der Waals surface area contributed by atoms with Crippen molar-refractivity contribution in [2.75, 3.05) is 0 Å². The minimum atomic E-state index is -4.12. The third-order valence-corrected chi connectivity index (χ3v) is 8.07. The molecule has 1 heterocycles. The van der Waals surface area contributed by atoms with Gasteiger partial charge in [0.2, 0.25) is 9.84 Å². The highest BCUT2D eigenvalue weighted by Gasteiger charge is 2.33. The zero-order valence-electron chi connectivity index (χ0n) is 19.0. The van der Waals surface area contributed by atoms with Gasteiger partial charge in [-0.05, 0) is 42.5 Å². The fourth-order valence-electron chi connectivity index (χ4n) is 3.99. The maximum atomic E-state index is 14.2. The van der Waals surface area contributed by atoms with Crippen LogP contribution in [0.15, 0.2) is 113 Å². The number of halogens is 2. The number of sulfone groups is 1. The molecule has 0 atom stereocenters. The third-order valence-electron chi connectivity index (χ3n) is 5.70. The minimum absolute atomic E-state index is 0.0486. The average molecular weight is 550 g/mol. The summed E-state index contributed by atoms with van der Waals surface area (Å²) in [5, 5.41) is 16.6. The van der Waals surface area contributed by atoms with Crippen molar-refractivity contribution in [2.45, 2.75) is 9.79 Å². The Morgan fingerprint density at radius 3 is 2.03 bits per heavy atom. The minimum Gasteiger partial charge on any atom is -0.258 e. The van der Waals surface area contributed by atoms with Crippen LogP contribution in [-0.4, -0.2) is 23.1 Å². The molecule has 0 unspecified atom stereocenters. The zero-order chi connectivity index (χ0) is 26.2. The maximum Gasteiger partial charge on any atom is 0.269 e. The van der Waals surface area contributed by atoms with Gasteiger partial charge < -0.3 is 0 Å². The molecule has 0 aliphatic heterocycles. The van der Waals surface area contributed by atoms with E-state index in [2.05, 4.69) is 0 Å². The Hall–Kier alpha value is -3.98. The molecule has 4 aromatic carbocycles. The topological polar surface area (TPSA) is 95.1 Å². The number of rotatable bonds is 6. The third kappa shape index (κ3) is 4.62. The second-order valence-corrected chi connectivity index (χ2v) is 10.7. The Morgan fingerprint density at radius 2 is 1.43 bits per heavy atom. The van der Waals surface area contributed by atoms with Crippen molar-refractivity contribution in [3.05, 3.63) is 123 Å². The van der Waals surface area contributed by atoms with Crippen LogP contribution in [0.3, 0.4) is 0 Å². The summed E-state index contributed by atoms with van der Waals surface area (Å²) in [4.78, 5) is 10.7. The Balaban J connectivity index is 1.90. The molecule has 0 saturated carbocycles. The van der Waals surface area contributed by atoms with Crippen molar-refractivity contribution in [3.63, 3.8) is 0 Å². The van der Waals surface area contributed by atoms with Crippen LogP contribution in [0.5, 0.6) is 0 Å². The number of hydrogen-bond donors (Lipinski definition) is 0. The van der Waals surface area contributed by atoms with E-state index in [0.717, 1.165) is 0 Å². The first kappa shape index (κ1) is 24.7. The van der Waals surface area contributed by atoms with Crippen LogP contribution < -0.4 is 0 Å². The van der Waals surface area contributed by atoms with Crippen LogP contribution in [0.4, 0.5) is 5.69 Å². The van der Waals surface area contributed by atoms with E-state index in [-0.39, 0.29) is 26.2 Å². The van der Waals surface area contributed by atoms with Gasteiger partial charge in [0.1, 0.15) is 10.6 Å². The lowest BCUT2D eigenvalue weighted by molar-refractivity contribution is -0.384. The first-order valence-corrected chi connectivity index (χ1v) is 13.2. The number of nitro benzene ring substituents is 1. The highest BCUT2D eigenvalue weighted by atomic mass is 35.5. The summed E-state index contributed by atoms with van der Waals surface area (Å²) in [6, 6.07) is 27.4. The molecular weight excluding hydrogens is 533 g/mol. The van der Waals surface area contributed by atoms with E-state index in [1.165, 1.54) is 47.1 Å². The van der Waals surface area contributed by atoms with Crippen LogP contribution in [0, 0.1) is 10.1 Å². The Morgan fingerprint density at radius 1 is 0.811 bits per heavy atom. The summed E-state index contributed by atoms with van der Waals surface area (Å²) in [7, 11) is -4.12. The van der Waals surface area contributed by atoms with E-state index in [4.69, 9.17) is 28.3 Å². The maximum absolute atomic E-state index is 14.2. The molecule has 0 aliphatic rings. The van der Waals surface area contributed by atoms with Gasteiger partial charge in [-0.2, -0.15) is 5.10 Å². The molecule has 7 nitrogen and oxygen atoms in total. The molecule has 0 aliphatic carbocycles. The zero-order valence-corrected chi connectivity index (χ0v) is 21.3. The predicted octanol–water partition coefficient (Wildman–Crippen LogP) is 7.25. The van der Waals surface area contributed by atoms with Crippen molar-refractivity contribution in [2.24, 2.45) is 0 Å². The SMILES string of the molecule is O=[N+]([O-])c1ccc(-n2nc(-c3ccc(Cl)cc3Cl)c(S(=O)(=O)c3ccccc3)c2-c2ccccc2)cc1. The smallest absolute Gasteiger partial charge is 0.258 e. The number of benzene rings is 4. The molecule has 0 spiro atoms. The first-order valence-electron chi connectivity index (χ1n) is 11.0. The van der Waals surface area contributed by atoms with E-state index in [1.54, 1.807) is 54.6 Å². The number of aromatic nitrogens is 2. The molecular formula is C27H17Cl2N3O4S. The Kier molecular flexibility index (Phi) is 6.55. The highest BCUT2D eigenvalue weighted by Crippen LogP contribution is 2.42. The van der Waals surface area contributed by atoms with Gasteiger partial charge in [0.15, 0.2) is 0 Å². The van der Waals surface area contributed by atoms with Gasteiger partial charge in [-0.3, -0.25) is 10.1 Å². The number of hydrogen-bond acceptors (Lipinski definition) is 5. The molecule has 0 bridgehead atoms. The molecule has 10 heteroatoms. The van der Waals surface area contributed by atoms with Crippen LogP contribution in [0.25, 0.3) is 28.2 Å².